The predicted molar refractivity (Wildman–Crippen MR) is 66.6 cm³/mol. The van der Waals surface area contributed by atoms with Gasteiger partial charge in [0.2, 0.25) is 0 Å². The van der Waals surface area contributed by atoms with E-state index in [9.17, 15) is 4.39 Å². The fourth-order valence-electron chi connectivity index (χ4n) is 1.51. The standard InChI is InChI=1S/C12H11ClFN3/c1-2-15-12-11(16-5-6-17-12)9-4-3-8(14)7-10(9)13/h3-7H,2H2,1H3,(H,15,17). The normalized spacial score (nSPS) is 10.3. The third kappa shape index (κ3) is 2.53. The second-order valence-electron chi connectivity index (χ2n) is 3.41. The van der Waals surface area contributed by atoms with Crippen molar-refractivity contribution in [1.29, 1.82) is 0 Å². The van der Waals surface area contributed by atoms with E-state index < -0.39 is 0 Å². The molecule has 88 valence electrons. The van der Waals surface area contributed by atoms with Crippen molar-refractivity contribution in [1.82, 2.24) is 9.97 Å². The zero-order valence-corrected chi connectivity index (χ0v) is 10.0. The Kier molecular flexibility index (Phi) is 3.54. The number of rotatable bonds is 3. The van der Waals surface area contributed by atoms with Crippen LogP contribution in [-0.2, 0) is 0 Å². The summed E-state index contributed by atoms with van der Waals surface area (Å²) in [5.74, 6) is 0.274. The van der Waals surface area contributed by atoms with Gasteiger partial charge in [0.05, 0.1) is 5.02 Å². The minimum absolute atomic E-state index is 0.324. The topological polar surface area (TPSA) is 37.8 Å². The molecule has 1 aromatic carbocycles. The molecule has 0 aliphatic carbocycles. The average molecular weight is 252 g/mol. The molecule has 0 radical (unpaired) electrons. The number of hydrogen-bond donors (Lipinski definition) is 1. The van der Waals surface area contributed by atoms with E-state index in [0.717, 1.165) is 6.54 Å². The summed E-state index contributed by atoms with van der Waals surface area (Å²) in [7, 11) is 0. The molecule has 0 aliphatic heterocycles. The fourth-order valence-corrected chi connectivity index (χ4v) is 1.77. The van der Waals surface area contributed by atoms with E-state index in [-0.39, 0.29) is 5.82 Å². The zero-order chi connectivity index (χ0) is 12.3. The van der Waals surface area contributed by atoms with Crippen LogP contribution in [0.25, 0.3) is 11.3 Å². The van der Waals surface area contributed by atoms with E-state index in [1.807, 2.05) is 6.92 Å². The van der Waals surface area contributed by atoms with Crippen LogP contribution in [0.3, 0.4) is 0 Å². The Labute approximate surface area is 104 Å². The molecule has 1 aromatic heterocycles. The molecule has 3 nitrogen and oxygen atoms in total. The van der Waals surface area contributed by atoms with E-state index in [1.165, 1.54) is 12.1 Å². The predicted octanol–water partition coefficient (Wildman–Crippen LogP) is 3.37. The Balaban J connectivity index is 2.52. The first kappa shape index (κ1) is 11.8. The third-order valence-electron chi connectivity index (χ3n) is 2.23. The van der Waals surface area contributed by atoms with Gasteiger partial charge in [0.15, 0.2) is 5.82 Å². The van der Waals surface area contributed by atoms with Crippen molar-refractivity contribution in [2.45, 2.75) is 6.92 Å². The van der Waals surface area contributed by atoms with Crippen molar-refractivity contribution < 1.29 is 4.39 Å². The number of nitrogens with one attached hydrogen (secondary N) is 1. The third-order valence-corrected chi connectivity index (χ3v) is 2.54. The van der Waals surface area contributed by atoms with Crippen LogP contribution in [0.15, 0.2) is 30.6 Å². The molecule has 17 heavy (non-hydrogen) atoms. The minimum atomic E-state index is -0.368. The monoisotopic (exact) mass is 251 g/mol. The molecule has 2 aromatic rings. The van der Waals surface area contributed by atoms with Gasteiger partial charge < -0.3 is 5.32 Å². The van der Waals surface area contributed by atoms with Gasteiger partial charge in [0, 0.05) is 24.5 Å². The molecule has 0 saturated carbocycles. The van der Waals surface area contributed by atoms with Crippen molar-refractivity contribution in [3.05, 3.63) is 41.4 Å². The fraction of sp³-hybridized carbons (Fsp3) is 0.167. The van der Waals surface area contributed by atoms with E-state index in [1.54, 1.807) is 18.5 Å². The number of nitrogens with zero attached hydrogens (tertiary/aromatic N) is 2. The lowest BCUT2D eigenvalue weighted by Gasteiger charge is -2.09. The highest BCUT2D eigenvalue weighted by atomic mass is 35.5. The lowest BCUT2D eigenvalue weighted by atomic mass is 10.1. The Morgan fingerprint density at radius 3 is 2.76 bits per heavy atom. The second-order valence-corrected chi connectivity index (χ2v) is 3.82. The van der Waals surface area contributed by atoms with Crippen molar-refractivity contribution in [3.8, 4) is 11.3 Å². The van der Waals surface area contributed by atoms with Crippen molar-refractivity contribution in [2.75, 3.05) is 11.9 Å². The molecule has 0 saturated heterocycles. The highest BCUT2D eigenvalue weighted by Gasteiger charge is 2.11. The van der Waals surface area contributed by atoms with Crippen LogP contribution in [-0.4, -0.2) is 16.5 Å². The number of aromatic nitrogens is 2. The summed E-state index contributed by atoms with van der Waals surface area (Å²) in [5, 5.41) is 3.41. The van der Waals surface area contributed by atoms with Gasteiger partial charge in [-0.2, -0.15) is 0 Å². The molecule has 2 rings (SSSR count). The molecule has 0 unspecified atom stereocenters. The first-order valence-electron chi connectivity index (χ1n) is 5.22. The second kappa shape index (κ2) is 5.10. The lowest BCUT2D eigenvalue weighted by Crippen LogP contribution is -2.02. The maximum atomic E-state index is 13.0. The molecule has 0 amide bonds. The van der Waals surface area contributed by atoms with Gasteiger partial charge in [-0.15, -0.1) is 0 Å². The van der Waals surface area contributed by atoms with Crippen LogP contribution in [0.2, 0.25) is 5.02 Å². The van der Waals surface area contributed by atoms with E-state index >= 15 is 0 Å². The maximum absolute atomic E-state index is 13.0. The molecule has 5 heteroatoms. The number of halogens is 2. The molecule has 0 atom stereocenters. The summed E-state index contributed by atoms with van der Waals surface area (Å²) in [6.45, 7) is 2.69. The Bertz CT molecular complexity index is 531. The zero-order valence-electron chi connectivity index (χ0n) is 9.24. The Morgan fingerprint density at radius 1 is 1.29 bits per heavy atom. The van der Waals surface area contributed by atoms with Crippen molar-refractivity contribution >= 4 is 17.4 Å². The van der Waals surface area contributed by atoms with Gasteiger partial charge in [-0.3, -0.25) is 4.98 Å². The van der Waals surface area contributed by atoms with Crippen molar-refractivity contribution in [3.63, 3.8) is 0 Å². The molecule has 0 spiro atoms. The Hall–Kier alpha value is -1.68. The van der Waals surface area contributed by atoms with Crippen LogP contribution in [0.5, 0.6) is 0 Å². The molecule has 0 aliphatic rings. The molecule has 0 bridgehead atoms. The number of anilines is 1. The average Bonchev–Trinajstić information content (AvgIpc) is 2.31. The first-order valence-corrected chi connectivity index (χ1v) is 5.60. The highest BCUT2D eigenvalue weighted by Crippen LogP contribution is 2.30. The summed E-state index contributed by atoms with van der Waals surface area (Å²) < 4.78 is 13.0. The quantitative estimate of drug-likeness (QED) is 0.909. The summed E-state index contributed by atoms with van der Waals surface area (Å²) in [6.07, 6.45) is 3.18. The molecule has 1 heterocycles. The lowest BCUT2D eigenvalue weighted by molar-refractivity contribution is 0.628. The largest absolute Gasteiger partial charge is 0.369 e. The van der Waals surface area contributed by atoms with Gasteiger partial charge in [0.1, 0.15) is 11.5 Å². The van der Waals surface area contributed by atoms with Crippen LogP contribution in [0.1, 0.15) is 6.92 Å². The van der Waals surface area contributed by atoms with Crippen LogP contribution >= 0.6 is 11.6 Å². The SMILES string of the molecule is CCNc1nccnc1-c1ccc(F)cc1Cl. The van der Waals surface area contributed by atoms with E-state index in [4.69, 9.17) is 11.6 Å². The van der Waals surface area contributed by atoms with E-state index in [2.05, 4.69) is 15.3 Å². The summed E-state index contributed by atoms with van der Waals surface area (Å²) in [6, 6.07) is 4.22. The summed E-state index contributed by atoms with van der Waals surface area (Å²) in [5.41, 5.74) is 1.29. The Morgan fingerprint density at radius 2 is 2.06 bits per heavy atom. The summed E-state index contributed by atoms with van der Waals surface area (Å²) in [4.78, 5) is 8.41. The number of benzene rings is 1. The molecular formula is C12H11ClFN3. The molecule has 0 fully saturated rings. The first-order chi connectivity index (χ1) is 8.22. The number of hydrogen-bond acceptors (Lipinski definition) is 3. The van der Waals surface area contributed by atoms with Gasteiger partial charge in [-0.1, -0.05) is 11.6 Å². The van der Waals surface area contributed by atoms with Gasteiger partial charge in [0.25, 0.3) is 0 Å². The van der Waals surface area contributed by atoms with E-state index in [0.29, 0.717) is 22.1 Å². The van der Waals surface area contributed by atoms with Gasteiger partial charge in [-0.05, 0) is 25.1 Å². The van der Waals surface area contributed by atoms with Crippen LogP contribution < -0.4 is 5.32 Å². The highest BCUT2D eigenvalue weighted by molar-refractivity contribution is 6.33. The van der Waals surface area contributed by atoms with Gasteiger partial charge >= 0.3 is 0 Å². The van der Waals surface area contributed by atoms with Crippen LogP contribution in [0, 0.1) is 5.82 Å². The van der Waals surface area contributed by atoms with Crippen LogP contribution in [0.4, 0.5) is 10.2 Å². The smallest absolute Gasteiger partial charge is 0.152 e. The maximum Gasteiger partial charge on any atom is 0.152 e. The molecular weight excluding hydrogens is 241 g/mol. The molecule has 1 N–H and O–H groups in total. The minimum Gasteiger partial charge on any atom is -0.369 e. The van der Waals surface area contributed by atoms with Gasteiger partial charge in [-0.25, -0.2) is 9.37 Å². The summed E-state index contributed by atoms with van der Waals surface area (Å²) >= 11 is 6.00. The van der Waals surface area contributed by atoms with Crippen molar-refractivity contribution in [2.24, 2.45) is 0 Å².